The van der Waals surface area contributed by atoms with E-state index in [0.717, 1.165) is 0 Å². The zero-order chi connectivity index (χ0) is 14.0. The van der Waals surface area contributed by atoms with Gasteiger partial charge < -0.3 is 24.8 Å². The molecule has 0 unspecified atom stereocenters. The van der Waals surface area contributed by atoms with Crippen molar-refractivity contribution in [3.63, 3.8) is 0 Å². The van der Waals surface area contributed by atoms with Gasteiger partial charge in [0.2, 0.25) is 0 Å². The first-order valence-corrected chi connectivity index (χ1v) is 14.5. The first kappa shape index (κ1) is 20.7. The molecule has 0 nitrogen and oxygen atoms in total. The summed E-state index contributed by atoms with van der Waals surface area (Å²) in [6.45, 7) is 4.76. The Hall–Kier alpha value is 0.627. The summed E-state index contributed by atoms with van der Waals surface area (Å²) in [5.74, 6) is 0. The van der Waals surface area contributed by atoms with Crippen molar-refractivity contribution in [2.24, 2.45) is 0 Å². The summed E-state index contributed by atoms with van der Waals surface area (Å²) in [6, 6.07) is 4.84. The summed E-state index contributed by atoms with van der Waals surface area (Å²) in [4.78, 5) is 0. The number of allylic oxidation sites excluding steroid dienone is 8. The zero-order valence-corrected chi connectivity index (χ0v) is 19.8. The van der Waals surface area contributed by atoms with E-state index in [4.69, 9.17) is 0 Å². The third-order valence-electron chi connectivity index (χ3n) is 5.33. The molecule has 0 aromatic carbocycles. The van der Waals surface area contributed by atoms with Crippen molar-refractivity contribution in [2.45, 2.75) is 64.1 Å². The van der Waals surface area contributed by atoms with Crippen LogP contribution in [0, 0.1) is 0 Å². The van der Waals surface area contributed by atoms with E-state index in [2.05, 4.69) is 38.2 Å². The predicted octanol–water partition coefficient (Wildman–Crippen LogP) is -0.283. The first-order chi connectivity index (χ1) is 9.75. The number of halogens is 2. The topological polar surface area (TPSA) is 0 Å². The maximum Gasteiger partial charge on any atom is -1.00 e. The minimum absolute atomic E-state index is 0. The molecular weight excluding hydrogens is 494 g/mol. The molecule has 2 aliphatic carbocycles. The SMILES string of the molecule is CCCC[Si]1(C2=[C]([Hf+2][C]3=CC=CC3)C(C)=CC2)CCC1.[Cl-].[Cl-]. The molecular formula is C18H26Cl2HfSi. The maximum absolute atomic E-state index is 2.57. The fourth-order valence-electron chi connectivity index (χ4n) is 3.87. The van der Waals surface area contributed by atoms with Crippen LogP contribution in [0.3, 0.4) is 0 Å². The van der Waals surface area contributed by atoms with Crippen LogP contribution < -0.4 is 24.8 Å². The molecule has 0 radical (unpaired) electrons. The van der Waals surface area contributed by atoms with Gasteiger partial charge in [-0.2, -0.15) is 0 Å². The molecule has 0 amide bonds. The van der Waals surface area contributed by atoms with E-state index in [1.54, 1.807) is 23.7 Å². The summed E-state index contributed by atoms with van der Waals surface area (Å²) in [6.07, 6.45) is 16.7. The monoisotopic (exact) mass is 520 g/mol. The Morgan fingerprint density at radius 1 is 1.18 bits per heavy atom. The van der Waals surface area contributed by atoms with Gasteiger partial charge in [0.1, 0.15) is 0 Å². The summed E-state index contributed by atoms with van der Waals surface area (Å²) in [5, 5.41) is 2.05. The maximum atomic E-state index is 2.57. The smallest absolute Gasteiger partial charge is 1.00 e. The van der Waals surface area contributed by atoms with Gasteiger partial charge in [0, 0.05) is 0 Å². The van der Waals surface area contributed by atoms with Crippen LogP contribution in [0.5, 0.6) is 0 Å². The minimum Gasteiger partial charge on any atom is -1.00 e. The van der Waals surface area contributed by atoms with Crippen molar-refractivity contribution in [3.8, 4) is 0 Å². The van der Waals surface area contributed by atoms with Gasteiger partial charge in [0.15, 0.2) is 0 Å². The summed E-state index contributed by atoms with van der Waals surface area (Å²) in [7, 11) is -0.979. The number of hydrogen-bond acceptors (Lipinski definition) is 0. The molecule has 3 rings (SSSR count). The van der Waals surface area contributed by atoms with E-state index < -0.39 is 31.0 Å². The van der Waals surface area contributed by atoms with Gasteiger partial charge in [-0.05, 0) is 0 Å². The fraction of sp³-hybridized carbons (Fsp3) is 0.556. The van der Waals surface area contributed by atoms with E-state index in [9.17, 15) is 0 Å². The third-order valence-corrected chi connectivity index (χ3v) is 17.8. The van der Waals surface area contributed by atoms with Crippen LogP contribution in [-0.2, 0) is 22.9 Å². The van der Waals surface area contributed by atoms with Crippen LogP contribution in [-0.4, -0.2) is 8.07 Å². The Morgan fingerprint density at radius 3 is 2.50 bits per heavy atom. The molecule has 3 aliphatic rings. The van der Waals surface area contributed by atoms with Crippen LogP contribution in [0.25, 0.3) is 0 Å². The number of rotatable bonds is 6. The van der Waals surface area contributed by atoms with Crippen molar-refractivity contribution in [3.05, 3.63) is 41.7 Å². The Balaban J connectivity index is 0.00000121. The standard InChI is InChI=1S/C13H21Si.C5H5.2ClH.Hf/c1-3-4-8-14(9-5-10-14)13-7-6-12(2)11-13;1-2-4-5-3-1;;;/h6H,3-5,7-10H2,1-2H3;1-3H,4H2;2*1H;/q;;;;+2/p-2. The molecule has 1 aliphatic heterocycles. The average Bonchev–Trinajstić information content (AvgIpc) is 3.02. The Kier molecular flexibility index (Phi) is 8.64. The quantitative estimate of drug-likeness (QED) is 0.424. The van der Waals surface area contributed by atoms with E-state index in [1.165, 1.54) is 32.1 Å². The Morgan fingerprint density at radius 2 is 1.95 bits per heavy atom. The van der Waals surface area contributed by atoms with Crippen molar-refractivity contribution in [2.75, 3.05) is 0 Å². The molecule has 0 bridgehead atoms. The molecule has 1 fully saturated rings. The van der Waals surface area contributed by atoms with E-state index in [0.29, 0.717) is 0 Å². The van der Waals surface area contributed by atoms with Crippen molar-refractivity contribution >= 4 is 8.07 Å². The summed E-state index contributed by atoms with van der Waals surface area (Å²) >= 11 is -0.727. The van der Waals surface area contributed by atoms with E-state index >= 15 is 0 Å². The molecule has 0 atom stereocenters. The first-order valence-electron chi connectivity index (χ1n) is 8.29. The van der Waals surface area contributed by atoms with Gasteiger partial charge in [0.25, 0.3) is 0 Å². The Labute approximate surface area is 160 Å². The predicted molar refractivity (Wildman–Crippen MR) is 86.9 cm³/mol. The molecule has 1 saturated heterocycles. The van der Waals surface area contributed by atoms with Crippen LogP contribution >= 0.6 is 0 Å². The van der Waals surface area contributed by atoms with Crippen molar-refractivity contribution < 1.29 is 47.7 Å². The van der Waals surface area contributed by atoms with E-state index in [-0.39, 0.29) is 24.8 Å². The molecule has 4 heteroatoms. The van der Waals surface area contributed by atoms with Crippen LogP contribution in [0.4, 0.5) is 0 Å². The van der Waals surface area contributed by atoms with Crippen LogP contribution in [0.1, 0.15) is 46.0 Å². The van der Waals surface area contributed by atoms with Gasteiger partial charge in [-0.1, -0.05) is 0 Å². The second kappa shape index (κ2) is 9.20. The van der Waals surface area contributed by atoms with Gasteiger partial charge in [-0.25, -0.2) is 0 Å². The zero-order valence-electron chi connectivity index (χ0n) is 13.7. The van der Waals surface area contributed by atoms with Crippen LogP contribution in [0.15, 0.2) is 41.7 Å². The normalized spacial score (nSPS) is 21.4. The van der Waals surface area contributed by atoms with Gasteiger partial charge in [-0.15, -0.1) is 0 Å². The number of hydrogen-bond donors (Lipinski definition) is 0. The minimum atomic E-state index is -0.979. The van der Waals surface area contributed by atoms with Gasteiger partial charge in [0.05, 0.1) is 0 Å². The molecule has 0 aromatic heterocycles. The second-order valence-electron chi connectivity index (χ2n) is 6.63. The van der Waals surface area contributed by atoms with Gasteiger partial charge >= 0.3 is 137 Å². The van der Waals surface area contributed by atoms with Gasteiger partial charge in [-0.3, -0.25) is 0 Å². The van der Waals surface area contributed by atoms with Crippen molar-refractivity contribution in [1.82, 2.24) is 0 Å². The molecule has 0 saturated carbocycles. The molecule has 0 N–H and O–H groups in total. The van der Waals surface area contributed by atoms with E-state index in [1.807, 2.05) is 11.9 Å². The molecule has 1 heterocycles. The molecule has 0 aromatic rings. The van der Waals surface area contributed by atoms with Crippen LogP contribution in [0.2, 0.25) is 18.1 Å². The third kappa shape index (κ3) is 4.17. The summed E-state index contributed by atoms with van der Waals surface area (Å²) in [5.41, 5.74) is 1.69. The fourth-order valence-corrected chi connectivity index (χ4v) is 16.7. The molecule has 120 valence electrons. The van der Waals surface area contributed by atoms with Crippen molar-refractivity contribution in [1.29, 1.82) is 0 Å². The summed E-state index contributed by atoms with van der Waals surface area (Å²) < 4.78 is 3.79. The molecule has 22 heavy (non-hydrogen) atoms. The number of unbranched alkanes of at least 4 members (excludes halogenated alkanes) is 1. The second-order valence-corrected chi connectivity index (χ2v) is 16.3. The largest absolute Gasteiger partial charge is 1.00 e. The Bertz CT molecular complexity index is 513. The molecule has 0 spiro atoms. The average molecular weight is 520 g/mol.